The monoisotopic (exact) mass is 335 g/mol. The van der Waals surface area contributed by atoms with Crippen molar-refractivity contribution < 1.29 is 9.90 Å². The predicted molar refractivity (Wildman–Crippen MR) is 97.8 cm³/mol. The van der Waals surface area contributed by atoms with E-state index in [1.54, 1.807) is 17.1 Å². The Kier molecular flexibility index (Phi) is 3.71. The maximum Gasteiger partial charge on any atom is 0.278 e. The first-order valence-corrected chi connectivity index (χ1v) is 8.66. The molecule has 0 radical (unpaired) electrons. The average Bonchev–Trinajstić information content (AvgIpc) is 3.08. The number of fused-ring (bicyclic) bond motifs is 1. The first-order chi connectivity index (χ1) is 12.1. The number of benzene rings is 2. The third-order valence-corrected chi connectivity index (χ3v) is 5.10. The van der Waals surface area contributed by atoms with Crippen molar-refractivity contribution >= 4 is 17.3 Å². The van der Waals surface area contributed by atoms with Crippen LogP contribution < -0.4 is 5.32 Å². The van der Waals surface area contributed by atoms with Gasteiger partial charge in [0, 0.05) is 11.3 Å². The largest absolute Gasteiger partial charge is 0.507 e. The molecule has 1 amide bonds. The van der Waals surface area contributed by atoms with Crippen molar-refractivity contribution in [3.05, 3.63) is 59.7 Å². The number of nitrogens with one attached hydrogen (secondary N) is 1. The molecule has 2 aliphatic rings. The van der Waals surface area contributed by atoms with Gasteiger partial charge in [-0.15, -0.1) is 0 Å². The van der Waals surface area contributed by atoms with E-state index >= 15 is 0 Å². The highest BCUT2D eigenvalue weighted by Gasteiger charge is 2.47. The van der Waals surface area contributed by atoms with Gasteiger partial charge in [-0.25, -0.2) is 5.01 Å². The fraction of sp³-hybridized carbons (Fsp3) is 0.300. The molecule has 0 aromatic heterocycles. The summed E-state index contributed by atoms with van der Waals surface area (Å²) in [4.78, 5) is 13.1. The van der Waals surface area contributed by atoms with Gasteiger partial charge in [-0.1, -0.05) is 24.3 Å². The highest BCUT2D eigenvalue weighted by atomic mass is 16.3. The van der Waals surface area contributed by atoms with E-state index in [1.165, 1.54) is 0 Å². The van der Waals surface area contributed by atoms with Crippen LogP contribution in [-0.4, -0.2) is 27.4 Å². The number of hydrazone groups is 1. The van der Waals surface area contributed by atoms with E-state index in [2.05, 4.69) is 10.4 Å². The third-order valence-electron chi connectivity index (χ3n) is 5.10. The summed E-state index contributed by atoms with van der Waals surface area (Å²) in [6.07, 6.45) is 3.85. The number of anilines is 1. The molecule has 5 heteroatoms. The van der Waals surface area contributed by atoms with Crippen molar-refractivity contribution in [2.75, 3.05) is 5.32 Å². The molecule has 25 heavy (non-hydrogen) atoms. The first kappa shape index (κ1) is 15.7. The zero-order valence-electron chi connectivity index (χ0n) is 14.2. The van der Waals surface area contributed by atoms with E-state index in [1.807, 2.05) is 43.3 Å². The van der Waals surface area contributed by atoms with Crippen molar-refractivity contribution in [3.8, 4) is 5.75 Å². The van der Waals surface area contributed by atoms with Gasteiger partial charge in [0.25, 0.3) is 5.91 Å². The maximum atomic E-state index is 13.1. The summed E-state index contributed by atoms with van der Waals surface area (Å²) in [7, 11) is 0. The minimum Gasteiger partial charge on any atom is -0.507 e. The number of phenolic OH excluding ortho intramolecular Hbond substituents is 1. The van der Waals surface area contributed by atoms with Gasteiger partial charge < -0.3 is 10.4 Å². The second-order valence-corrected chi connectivity index (χ2v) is 6.73. The Morgan fingerprint density at radius 3 is 2.56 bits per heavy atom. The molecule has 1 spiro atoms. The van der Waals surface area contributed by atoms with Crippen LogP contribution in [0, 0.1) is 0 Å². The highest BCUT2D eigenvalue weighted by molar-refractivity contribution is 6.05. The number of amides is 1. The number of carbonyl (C=O) groups is 1. The lowest BCUT2D eigenvalue weighted by molar-refractivity contribution is 0.0526. The molecular formula is C20H21N3O2. The zero-order valence-corrected chi connectivity index (χ0v) is 14.2. The van der Waals surface area contributed by atoms with Crippen LogP contribution in [0.5, 0.6) is 5.75 Å². The smallest absolute Gasteiger partial charge is 0.278 e. The average molecular weight is 335 g/mol. The Morgan fingerprint density at radius 1 is 1.12 bits per heavy atom. The number of phenols is 1. The summed E-state index contributed by atoms with van der Waals surface area (Å²) < 4.78 is 0. The van der Waals surface area contributed by atoms with Crippen LogP contribution in [0.2, 0.25) is 0 Å². The van der Waals surface area contributed by atoms with Crippen molar-refractivity contribution in [1.29, 1.82) is 0 Å². The summed E-state index contributed by atoms with van der Waals surface area (Å²) in [5.41, 5.74) is 2.30. The van der Waals surface area contributed by atoms with Gasteiger partial charge >= 0.3 is 0 Å². The van der Waals surface area contributed by atoms with E-state index in [-0.39, 0.29) is 11.7 Å². The molecule has 2 aromatic carbocycles. The standard InChI is InChI=1S/C20H21N3O2/c1-14(15-8-3-5-11-18(15)24)22-23-19(25)16-9-2-4-10-17(16)21-20(23)12-6-7-13-20/h2-5,8-11,21,24H,6-7,12-13H2,1H3. The summed E-state index contributed by atoms with van der Waals surface area (Å²) in [5.74, 6) is 0.0769. The van der Waals surface area contributed by atoms with E-state index < -0.39 is 5.66 Å². The van der Waals surface area contributed by atoms with Crippen LogP contribution in [-0.2, 0) is 0 Å². The van der Waals surface area contributed by atoms with E-state index in [0.29, 0.717) is 16.8 Å². The molecule has 0 unspecified atom stereocenters. The van der Waals surface area contributed by atoms with Gasteiger partial charge in [-0.05, 0) is 56.9 Å². The number of aromatic hydroxyl groups is 1. The predicted octanol–water partition coefficient (Wildman–Crippen LogP) is 3.95. The van der Waals surface area contributed by atoms with Crippen LogP contribution in [0.25, 0.3) is 0 Å². The van der Waals surface area contributed by atoms with Crippen LogP contribution in [0.3, 0.4) is 0 Å². The van der Waals surface area contributed by atoms with Gasteiger partial charge in [0.15, 0.2) is 0 Å². The van der Waals surface area contributed by atoms with Gasteiger partial charge in [0.05, 0.1) is 11.3 Å². The zero-order chi connectivity index (χ0) is 17.4. The van der Waals surface area contributed by atoms with E-state index in [4.69, 9.17) is 0 Å². The van der Waals surface area contributed by atoms with E-state index in [9.17, 15) is 9.90 Å². The van der Waals surface area contributed by atoms with Gasteiger partial charge in [0.1, 0.15) is 11.4 Å². The number of nitrogens with zero attached hydrogens (tertiary/aromatic N) is 2. The number of hydrogen-bond acceptors (Lipinski definition) is 4. The lowest BCUT2D eigenvalue weighted by Gasteiger charge is -2.43. The second-order valence-electron chi connectivity index (χ2n) is 6.73. The molecule has 4 rings (SSSR count). The number of hydrogen-bond donors (Lipinski definition) is 2. The molecule has 1 aliphatic carbocycles. The van der Waals surface area contributed by atoms with Gasteiger partial charge in [-0.3, -0.25) is 4.79 Å². The van der Waals surface area contributed by atoms with Crippen molar-refractivity contribution in [2.45, 2.75) is 38.3 Å². The molecule has 2 aromatic rings. The van der Waals surface area contributed by atoms with Gasteiger partial charge in [0.2, 0.25) is 0 Å². The molecule has 1 heterocycles. The van der Waals surface area contributed by atoms with Crippen LogP contribution in [0.1, 0.15) is 48.5 Å². The summed E-state index contributed by atoms with van der Waals surface area (Å²) >= 11 is 0. The molecular weight excluding hydrogens is 314 g/mol. The summed E-state index contributed by atoms with van der Waals surface area (Å²) in [6.45, 7) is 1.82. The topological polar surface area (TPSA) is 64.9 Å². The highest BCUT2D eigenvalue weighted by Crippen LogP contribution is 2.42. The number of para-hydroxylation sites is 2. The van der Waals surface area contributed by atoms with Crippen molar-refractivity contribution in [3.63, 3.8) is 0 Å². The molecule has 0 saturated heterocycles. The second kappa shape index (κ2) is 5.92. The Balaban J connectivity index is 1.80. The summed E-state index contributed by atoms with van der Waals surface area (Å²) in [5, 5.41) is 19.9. The Morgan fingerprint density at radius 2 is 1.80 bits per heavy atom. The Bertz CT molecular complexity index is 854. The molecule has 128 valence electrons. The Hall–Kier alpha value is -2.82. The quantitative estimate of drug-likeness (QED) is 0.817. The molecule has 1 saturated carbocycles. The minimum absolute atomic E-state index is 0.0916. The lowest BCUT2D eigenvalue weighted by Crippen LogP contribution is -2.56. The van der Waals surface area contributed by atoms with Crippen molar-refractivity contribution in [2.24, 2.45) is 5.10 Å². The number of rotatable bonds is 2. The van der Waals surface area contributed by atoms with Crippen molar-refractivity contribution in [1.82, 2.24) is 5.01 Å². The maximum absolute atomic E-state index is 13.1. The lowest BCUT2D eigenvalue weighted by atomic mass is 9.99. The molecule has 0 bridgehead atoms. The number of carbonyl (C=O) groups excluding carboxylic acids is 1. The Labute approximate surface area is 147 Å². The molecule has 1 aliphatic heterocycles. The minimum atomic E-state index is -0.475. The third kappa shape index (κ3) is 2.56. The van der Waals surface area contributed by atoms with E-state index in [0.717, 1.165) is 31.4 Å². The molecule has 5 nitrogen and oxygen atoms in total. The van der Waals surface area contributed by atoms with Crippen LogP contribution in [0.15, 0.2) is 53.6 Å². The molecule has 1 fully saturated rings. The first-order valence-electron chi connectivity index (χ1n) is 8.66. The molecule has 0 atom stereocenters. The SMILES string of the molecule is CC(=NN1C(=O)c2ccccc2NC12CCCC2)c1ccccc1O. The fourth-order valence-corrected chi connectivity index (χ4v) is 3.81. The fourth-order valence-electron chi connectivity index (χ4n) is 3.81. The normalized spacial score (nSPS) is 19.0. The van der Waals surface area contributed by atoms with Crippen LogP contribution in [0.4, 0.5) is 5.69 Å². The van der Waals surface area contributed by atoms with Gasteiger partial charge in [-0.2, -0.15) is 5.10 Å². The molecule has 2 N–H and O–H groups in total. The summed E-state index contributed by atoms with van der Waals surface area (Å²) in [6, 6.07) is 14.6. The van der Waals surface area contributed by atoms with Crippen LogP contribution >= 0.6 is 0 Å².